The molecule has 2 fully saturated rings. The van der Waals surface area contributed by atoms with Gasteiger partial charge in [-0.3, -0.25) is 19.2 Å². The Bertz CT molecular complexity index is 1970. The number of hydrogen-bond acceptors (Lipinski definition) is 9. The number of anilines is 1. The Morgan fingerprint density at radius 1 is 1.02 bits per heavy atom. The van der Waals surface area contributed by atoms with Crippen LogP contribution in [0.2, 0.25) is 0 Å². The molecule has 3 aromatic heterocycles. The lowest BCUT2D eigenvalue weighted by atomic mass is 10.0. The number of fused-ring (bicyclic) bond motifs is 1. The molecule has 254 valence electrons. The fourth-order valence-corrected chi connectivity index (χ4v) is 6.30. The van der Waals surface area contributed by atoms with E-state index in [2.05, 4.69) is 25.4 Å². The van der Waals surface area contributed by atoms with Crippen molar-refractivity contribution >= 4 is 23.1 Å². The molecule has 5 aromatic rings. The van der Waals surface area contributed by atoms with E-state index in [0.717, 1.165) is 39.1 Å². The Labute approximate surface area is 280 Å². The normalized spacial score (nSPS) is 15.9. The van der Waals surface area contributed by atoms with Crippen molar-refractivity contribution in [2.45, 2.75) is 25.5 Å². The number of alkyl halides is 2. The minimum Gasteiger partial charge on any atom is -0.457 e. The monoisotopic (exact) mass is 672 g/mol. The number of hydrogen-bond donors (Lipinski definition) is 1. The molecule has 2 aromatic carbocycles. The highest BCUT2D eigenvalue weighted by Gasteiger charge is 2.29. The van der Waals surface area contributed by atoms with Gasteiger partial charge in [0.1, 0.15) is 28.5 Å². The summed E-state index contributed by atoms with van der Waals surface area (Å²) in [4.78, 5) is 35.3. The number of rotatable bonds is 9. The van der Waals surface area contributed by atoms with Gasteiger partial charge in [-0.2, -0.15) is 19.0 Å². The number of nitrogens with one attached hydrogen (secondary N) is 1. The molecule has 2 aliphatic heterocycles. The van der Waals surface area contributed by atoms with Gasteiger partial charge >= 0.3 is 6.61 Å². The predicted octanol–water partition coefficient (Wildman–Crippen LogP) is 4.71. The number of benzene rings is 2. The molecule has 13 nitrogen and oxygen atoms in total. The third kappa shape index (κ3) is 7.07. The first kappa shape index (κ1) is 32.2. The summed E-state index contributed by atoms with van der Waals surface area (Å²) in [7, 11) is 1.64. The first-order valence-corrected chi connectivity index (χ1v) is 15.9. The molecule has 0 saturated carbocycles. The van der Waals surface area contributed by atoms with E-state index < -0.39 is 12.5 Å². The molecule has 2 amide bonds. The number of ether oxygens (including phenoxy) is 3. The predicted molar refractivity (Wildman–Crippen MR) is 174 cm³/mol. The van der Waals surface area contributed by atoms with E-state index in [0.29, 0.717) is 36.1 Å². The van der Waals surface area contributed by atoms with Crippen LogP contribution in [0.25, 0.3) is 16.9 Å². The molecule has 5 heterocycles. The van der Waals surface area contributed by atoms with Crippen molar-refractivity contribution in [2.75, 3.05) is 44.7 Å². The van der Waals surface area contributed by atoms with Crippen molar-refractivity contribution < 1.29 is 32.6 Å². The number of halogens is 2. The van der Waals surface area contributed by atoms with Gasteiger partial charge in [0.25, 0.3) is 11.8 Å². The largest absolute Gasteiger partial charge is 0.457 e. The fraction of sp³-hybridized carbons (Fsp3) is 0.324. The Balaban J connectivity index is 1.10. The maximum absolute atomic E-state index is 13.5. The maximum atomic E-state index is 13.5. The highest BCUT2D eigenvalue weighted by atomic mass is 19.3. The standard InChI is InChI=1S/C34H34F2N8O5/c1-41-21-28(39-32(45)27-20-38-44-11-3-10-37-31(27)44)30(40-41)26-19-25(6-7-29(26)49-34(35)36)48-24-5-2-4-22(18-24)33(46)43-12-8-23(9-13-43)42-14-16-47-17-15-42/h2-7,10-11,18-21,23,34H,8-9,12-17H2,1H3,(H,39,45). The number of likely N-dealkylation sites (tertiary alicyclic amines) is 1. The SMILES string of the molecule is Cn1cc(NC(=O)c2cnn3cccnc23)c(-c2cc(Oc3cccc(C(=O)N4CCC(N5CCOCC5)CC4)c3)ccc2OC(F)F)n1. The topological polar surface area (TPSA) is 128 Å². The second-order valence-electron chi connectivity index (χ2n) is 11.8. The van der Waals surface area contributed by atoms with Gasteiger partial charge in [0.2, 0.25) is 0 Å². The molecule has 15 heteroatoms. The number of nitrogens with zero attached hydrogens (tertiary/aromatic N) is 7. The van der Waals surface area contributed by atoms with Crippen molar-refractivity contribution in [3.8, 4) is 28.5 Å². The molecule has 2 saturated heterocycles. The molecule has 0 unspecified atom stereocenters. The summed E-state index contributed by atoms with van der Waals surface area (Å²) in [5.41, 5.74) is 1.61. The van der Waals surface area contributed by atoms with Crippen LogP contribution >= 0.6 is 0 Å². The van der Waals surface area contributed by atoms with Gasteiger partial charge in [0, 0.05) is 63.4 Å². The van der Waals surface area contributed by atoms with Crippen LogP contribution in [0.3, 0.4) is 0 Å². The van der Waals surface area contributed by atoms with Crippen LogP contribution in [0.5, 0.6) is 17.2 Å². The van der Waals surface area contributed by atoms with Crippen LogP contribution in [-0.2, 0) is 11.8 Å². The van der Waals surface area contributed by atoms with Crippen LogP contribution in [0, 0.1) is 0 Å². The molecule has 0 aliphatic carbocycles. The van der Waals surface area contributed by atoms with Crippen molar-refractivity contribution in [2.24, 2.45) is 7.05 Å². The van der Waals surface area contributed by atoms with Gasteiger partial charge < -0.3 is 24.4 Å². The molecule has 0 atom stereocenters. The van der Waals surface area contributed by atoms with E-state index in [9.17, 15) is 18.4 Å². The van der Waals surface area contributed by atoms with Crippen molar-refractivity contribution in [3.63, 3.8) is 0 Å². The van der Waals surface area contributed by atoms with Gasteiger partial charge in [-0.25, -0.2) is 9.50 Å². The molecule has 49 heavy (non-hydrogen) atoms. The average Bonchev–Trinajstić information content (AvgIpc) is 3.72. The summed E-state index contributed by atoms with van der Waals surface area (Å²) < 4.78 is 46.3. The molecular weight excluding hydrogens is 638 g/mol. The highest BCUT2D eigenvalue weighted by molar-refractivity contribution is 6.09. The summed E-state index contributed by atoms with van der Waals surface area (Å²) in [6.45, 7) is 1.56. The molecular formula is C34H34F2N8O5. The van der Waals surface area contributed by atoms with Crippen molar-refractivity contribution in [1.82, 2.24) is 34.2 Å². The average molecular weight is 673 g/mol. The minimum atomic E-state index is -3.11. The number of aromatic nitrogens is 5. The Kier molecular flexibility index (Phi) is 9.17. The van der Waals surface area contributed by atoms with Crippen molar-refractivity contribution in [1.29, 1.82) is 0 Å². The molecule has 0 bridgehead atoms. The zero-order valence-corrected chi connectivity index (χ0v) is 26.7. The van der Waals surface area contributed by atoms with Gasteiger partial charge in [0.15, 0.2) is 5.65 Å². The van der Waals surface area contributed by atoms with Crippen LogP contribution in [-0.4, -0.2) is 98.0 Å². The van der Waals surface area contributed by atoms with Gasteiger partial charge in [0.05, 0.1) is 30.7 Å². The molecule has 0 radical (unpaired) electrons. The van der Waals surface area contributed by atoms with E-state index >= 15 is 0 Å². The Morgan fingerprint density at radius 3 is 2.61 bits per heavy atom. The van der Waals surface area contributed by atoms with Gasteiger partial charge in [-0.1, -0.05) is 6.07 Å². The van der Waals surface area contributed by atoms with E-state index in [1.165, 1.54) is 33.6 Å². The van der Waals surface area contributed by atoms with Crippen molar-refractivity contribution in [3.05, 3.63) is 84.4 Å². The lowest BCUT2D eigenvalue weighted by molar-refractivity contribution is -0.0495. The smallest absolute Gasteiger partial charge is 0.387 e. The summed E-state index contributed by atoms with van der Waals surface area (Å²) >= 11 is 0. The lowest BCUT2D eigenvalue weighted by Crippen LogP contribution is -2.50. The summed E-state index contributed by atoms with van der Waals surface area (Å²) in [6, 6.07) is 13.3. The second kappa shape index (κ2) is 14.0. The quantitative estimate of drug-likeness (QED) is 0.237. The van der Waals surface area contributed by atoms with E-state index in [1.807, 2.05) is 4.90 Å². The van der Waals surface area contributed by atoms with Crippen LogP contribution < -0.4 is 14.8 Å². The fourth-order valence-electron chi connectivity index (χ4n) is 6.30. The molecule has 7 rings (SSSR count). The minimum absolute atomic E-state index is 0.0810. The first-order chi connectivity index (χ1) is 23.8. The Hall–Kier alpha value is -5.41. The molecule has 2 aliphatic rings. The highest BCUT2D eigenvalue weighted by Crippen LogP contribution is 2.39. The number of piperidine rings is 1. The van der Waals surface area contributed by atoms with Gasteiger partial charge in [-0.05, 0) is 55.3 Å². The van der Waals surface area contributed by atoms with Crippen LogP contribution in [0.1, 0.15) is 33.6 Å². The zero-order valence-electron chi connectivity index (χ0n) is 26.7. The maximum Gasteiger partial charge on any atom is 0.387 e. The lowest BCUT2D eigenvalue weighted by Gasteiger charge is -2.40. The third-order valence-electron chi connectivity index (χ3n) is 8.65. The second-order valence-corrected chi connectivity index (χ2v) is 11.8. The number of aryl methyl sites for hydroxylation is 1. The van der Waals surface area contributed by atoms with E-state index in [-0.39, 0.29) is 39.9 Å². The van der Waals surface area contributed by atoms with E-state index in [4.69, 9.17) is 14.2 Å². The summed E-state index contributed by atoms with van der Waals surface area (Å²) in [5.74, 6) is -0.0976. The number of amides is 2. The Morgan fingerprint density at radius 2 is 1.82 bits per heavy atom. The van der Waals surface area contributed by atoms with E-state index in [1.54, 1.807) is 56.0 Å². The summed E-state index contributed by atoms with van der Waals surface area (Å²) in [5, 5.41) is 11.4. The number of carbonyl (C=O) groups is 2. The van der Waals surface area contributed by atoms with Crippen LogP contribution in [0.15, 0.2) is 73.3 Å². The number of morpholine rings is 1. The van der Waals surface area contributed by atoms with Crippen LogP contribution in [0.4, 0.5) is 14.5 Å². The first-order valence-electron chi connectivity index (χ1n) is 15.9. The van der Waals surface area contributed by atoms with Gasteiger partial charge in [-0.15, -0.1) is 0 Å². The molecule has 0 spiro atoms. The zero-order chi connectivity index (χ0) is 33.9. The summed E-state index contributed by atoms with van der Waals surface area (Å²) in [6.07, 6.45) is 7.96. The molecule has 1 N–H and O–H groups in total. The third-order valence-corrected chi connectivity index (χ3v) is 8.65. The number of carbonyl (C=O) groups excluding carboxylic acids is 2.